The standard InChI is InChI=1S/C21H24N4O2/c26-25(27)19-9-7-18(8-10-19)24-14-12-23(13-15-24)11-3-4-17-16-22-21-6-2-1-5-20(17)21/h1-2,5-10,16,22H,3-4,11-15H2. The van der Waals surface area contributed by atoms with E-state index < -0.39 is 0 Å². The molecule has 0 radical (unpaired) electrons. The predicted molar refractivity (Wildman–Crippen MR) is 108 cm³/mol. The highest BCUT2D eigenvalue weighted by molar-refractivity contribution is 5.82. The van der Waals surface area contributed by atoms with Gasteiger partial charge in [-0.25, -0.2) is 0 Å². The van der Waals surface area contributed by atoms with Gasteiger partial charge in [0.05, 0.1) is 4.92 Å². The molecule has 6 heteroatoms. The summed E-state index contributed by atoms with van der Waals surface area (Å²) in [6.45, 7) is 5.10. The first-order valence-corrected chi connectivity index (χ1v) is 9.47. The van der Waals surface area contributed by atoms with Gasteiger partial charge in [-0.2, -0.15) is 0 Å². The van der Waals surface area contributed by atoms with Gasteiger partial charge in [-0.15, -0.1) is 0 Å². The number of aryl methyl sites for hydroxylation is 1. The average molecular weight is 364 g/mol. The van der Waals surface area contributed by atoms with Crippen molar-refractivity contribution < 1.29 is 4.92 Å². The van der Waals surface area contributed by atoms with Gasteiger partial charge in [0.15, 0.2) is 0 Å². The summed E-state index contributed by atoms with van der Waals surface area (Å²) in [5.41, 5.74) is 3.83. The summed E-state index contributed by atoms with van der Waals surface area (Å²) in [6.07, 6.45) is 4.38. The Morgan fingerprint density at radius 3 is 2.48 bits per heavy atom. The van der Waals surface area contributed by atoms with Crippen LogP contribution in [-0.4, -0.2) is 47.5 Å². The third kappa shape index (κ3) is 3.95. The number of aromatic amines is 1. The highest BCUT2D eigenvalue weighted by Gasteiger charge is 2.17. The van der Waals surface area contributed by atoms with Crippen molar-refractivity contribution in [2.75, 3.05) is 37.6 Å². The second kappa shape index (κ2) is 7.80. The summed E-state index contributed by atoms with van der Waals surface area (Å²) in [4.78, 5) is 18.6. The predicted octanol–water partition coefficient (Wildman–Crippen LogP) is 3.83. The summed E-state index contributed by atoms with van der Waals surface area (Å²) in [6, 6.07) is 15.3. The fraction of sp³-hybridized carbons (Fsp3) is 0.333. The van der Waals surface area contributed by atoms with Crippen LogP contribution in [0.3, 0.4) is 0 Å². The molecule has 4 rings (SSSR count). The van der Waals surface area contributed by atoms with Crippen molar-refractivity contribution in [2.45, 2.75) is 12.8 Å². The van der Waals surface area contributed by atoms with E-state index in [-0.39, 0.29) is 10.6 Å². The van der Waals surface area contributed by atoms with Crippen LogP contribution in [0.1, 0.15) is 12.0 Å². The van der Waals surface area contributed by atoms with Crippen LogP contribution < -0.4 is 4.90 Å². The van der Waals surface area contributed by atoms with E-state index in [0.717, 1.165) is 51.3 Å². The summed E-state index contributed by atoms with van der Waals surface area (Å²) >= 11 is 0. The van der Waals surface area contributed by atoms with Crippen molar-refractivity contribution in [3.8, 4) is 0 Å². The smallest absolute Gasteiger partial charge is 0.269 e. The summed E-state index contributed by atoms with van der Waals surface area (Å²) in [5.74, 6) is 0. The zero-order valence-electron chi connectivity index (χ0n) is 15.3. The molecule has 0 aliphatic carbocycles. The Labute approximate surface area is 158 Å². The summed E-state index contributed by atoms with van der Waals surface area (Å²) in [5, 5.41) is 12.1. The maximum absolute atomic E-state index is 10.8. The molecule has 0 spiro atoms. The number of hydrogen-bond acceptors (Lipinski definition) is 4. The second-order valence-corrected chi connectivity index (χ2v) is 7.07. The van der Waals surface area contributed by atoms with E-state index in [1.54, 1.807) is 12.1 Å². The number of fused-ring (bicyclic) bond motifs is 1. The minimum Gasteiger partial charge on any atom is -0.369 e. The van der Waals surface area contributed by atoms with Crippen molar-refractivity contribution in [3.63, 3.8) is 0 Å². The van der Waals surface area contributed by atoms with Crippen molar-refractivity contribution >= 4 is 22.3 Å². The zero-order chi connectivity index (χ0) is 18.6. The SMILES string of the molecule is O=[N+]([O-])c1ccc(N2CCN(CCCc3c[nH]c4ccccc34)CC2)cc1. The Hall–Kier alpha value is -2.86. The number of nitro benzene ring substituents is 1. The third-order valence-electron chi connectivity index (χ3n) is 5.39. The molecule has 2 aromatic carbocycles. The van der Waals surface area contributed by atoms with Crippen molar-refractivity contribution in [1.29, 1.82) is 0 Å². The van der Waals surface area contributed by atoms with Gasteiger partial charge in [0.25, 0.3) is 5.69 Å². The molecule has 1 fully saturated rings. The molecule has 2 heterocycles. The topological polar surface area (TPSA) is 65.4 Å². The maximum Gasteiger partial charge on any atom is 0.269 e. The lowest BCUT2D eigenvalue weighted by atomic mass is 10.1. The molecule has 0 unspecified atom stereocenters. The molecule has 6 nitrogen and oxygen atoms in total. The van der Waals surface area contributed by atoms with Gasteiger partial charge in [-0.3, -0.25) is 15.0 Å². The molecule has 0 amide bonds. The Balaban J connectivity index is 1.25. The molecule has 27 heavy (non-hydrogen) atoms. The van der Waals surface area contributed by atoms with E-state index in [1.807, 2.05) is 12.1 Å². The fourth-order valence-corrected chi connectivity index (χ4v) is 3.85. The van der Waals surface area contributed by atoms with Crippen molar-refractivity contribution in [1.82, 2.24) is 9.88 Å². The van der Waals surface area contributed by atoms with Crippen molar-refractivity contribution in [2.24, 2.45) is 0 Å². The van der Waals surface area contributed by atoms with E-state index in [1.165, 1.54) is 16.5 Å². The number of aromatic nitrogens is 1. The van der Waals surface area contributed by atoms with Gasteiger partial charge in [0, 0.05) is 61.1 Å². The number of nitrogens with zero attached hydrogens (tertiary/aromatic N) is 3. The number of non-ortho nitro benzene ring substituents is 1. The number of para-hydroxylation sites is 1. The molecule has 0 bridgehead atoms. The fourth-order valence-electron chi connectivity index (χ4n) is 3.85. The van der Waals surface area contributed by atoms with E-state index in [4.69, 9.17) is 0 Å². The number of nitrogens with one attached hydrogen (secondary N) is 1. The number of piperazine rings is 1. The van der Waals surface area contributed by atoms with Gasteiger partial charge in [0.1, 0.15) is 0 Å². The van der Waals surface area contributed by atoms with Crippen LogP contribution in [0.4, 0.5) is 11.4 Å². The van der Waals surface area contributed by atoms with E-state index >= 15 is 0 Å². The van der Waals surface area contributed by atoms with Gasteiger partial charge in [-0.1, -0.05) is 18.2 Å². The van der Waals surface area contributed by atoms with Crippen molar-refractivity contribution in [3.05, 3.63) is 70.4 Å². The largest absolute Gasteiger partial charge is 0.369 e. The maximum atomic E-state index is 10.8. The molecule has 0 atom stereocenters. The Kier molecular flexibility index (Phi) is 5.07. The van der Waals surface area contributed by atoms with Crippen LogP contribution in [0.25, 0.3) is 10.9 Å². The normalized spacial score (nSPS) is 15.3. The molecule has 3 aromatic rings. The zero-order valence-corrected chi connectivity index (χ0v) is 15.3. The van der Waals surface area contributed by atoms with Crippen LogP contribution in [0.15, 0.2) is 54.7 Å². The van der Waals surface area contributed by atoms with Gasteiger partial charge < -0.3 is 9.88 Å². The van der Waals surface area contributed by atoms with E-state index in [2.05, 4.69) is 45.2 Å². The number of rotatable bonds is 6. The summed E-state index contributed by atoms with van der Waals surface area (Å²) in [7, 11) is 0. The molecule has 140 valence electrons. The van der Waals surface area contributed by atoms with Crippen LogP contribution in [-0.2, 0) is 6.42 Å². The monoisotopic (exact) mass is 364 g/mol. The minimum absolute atomic E-state index is 0.148. The molecule has 1 saturated heterocycles. The molecule has 1 aliphatic rings. The Morgan fingerprint density at radius 2 is 1.74 bits per heavy atom. The number of H-pyrrole nitrogens is 1. The lowest BCUT2D eigenvalue weighted by molar-refractivity contribution is -0.384. The summed E-state index contributed by atoms with van der Waals surface area (Å²) < 4.78 is 0. The first-order valence-electron chi connectivity index (χ1n) is 9.47. The first kappa shape index (κ1) is 17.5. The average Bonchev–Trinajstić information content (AvgIpc) is 3.12. The molecule has 0 saturated carbocycles. The van der Waals surface area contributed by atoms with E-state index in [9.17, 15) is 10.1 Å². The lowest BCUT2D eigenvalue weighted by Gasteiger charge is -2.36. The second-order valence-electron chi connectivity index (χ2n) is 7.07. The van der Waals surface area contributed by atoms with Crippen LogP contribution in [0, 0.1) is 10.1 Å². The highest BCUT2D eigenvalue weighted by atomic mass is 16.6. The quantitative estimate of drug-likeness (QED) is 0.533. The van der Waals surface area contributed by atoms with Gasteiger partial charge in [0.2, 0.25) is 0 Å². The minimum atomic E-state index is -0.352. The molecule has 1 aliphatic heterocycles. The number of hydrogen-bond donors (Lipinski definition) is 1. The number of nitro groups is 1. The number of anilines is 1. The molecular weight excluding hydrogens is 340 g/mol. The van der Waals surface area contributed by atoms with Crippen LogP contribution >= 0.6 is 0 Å². The van der Waals surface area contributed by atoms with Gasteiger partial charge >= 0.3 is 0 Å². The molecule has 1 aromatic heterocycles. The number of benzene rings is 2. The Bertz CT molecular complexity index is 911. The van der Waals surface area contributed by atoms with Gasteiger partial charge in [-0.05, 0) is 43.1 Å². The Morgan fingerprint density at radius 1 is 1.00 bits per heavy atom. The lowest BCUT2D eigenvalue weighted by Crippen LogP contribution is -2.46. The molecular formula is C21H24N4O2. The molecule has 1 N–H and O–H groups in total. The van der Waals surface area contributed by atoms with Crippen LogP contribution in [0.2, 0.25) is 0 Å². The third-order valence-corrected chi connectivity index (χ3v) is 5.39. The van der Waals surface area contributed by atoms with E-state index in [0.29, 0.717) is 0 Å². The first-order chi connectivity index (χ1) is 13.2. The van der Waals surface area contributed by atoms with Crippen LogP contribution in [0.5, 0.6) is 0 Å². The highest BCUT2D eigenvalue weighted by Crippen LogP contribution is 2.21.